The second-order valence-electron chi connectivity index (χ2n) is 5.20. The van der Waals surface area contributed by atoms with Crippen LogP contribution in [0.4, 0.5) is 11.4 Å². The summed E-state index contributed by atoms with van der Waals surface area (Å²) in [6.45, 7) is 7.05. The third kappa shape index (κ3) is 2.61. The van der Waals surface area contributed by atoms with Crippen molar-refractivity contribution in [3.8, 4) is 0 Å². The average molecular weight is 308 g/mol. The maximum absolute atomic E-state index is 12.7. The summed E-state index contributed by atoms with van der Waals surface area (Å²) in [5, 5.41) is 4.15. The van der Waals surface area contributed by atoms with Crippen LogP contribution < -0.4 is 10.5 Å². The van der Waals surface area contributed by atoms with Gasteiger partial charge >= 0.3 is 0 Å². The van der Waals surface area contributed by atoms with E-state index in [1.165, 1.54) is 0 Å². The summed E-state index contributed by atoms with van der Waals surface area (Å²) in [7, 11) is -1.98. The lowest BCUT2D eigenvalue weighted by atomic mass is 10.1. The topological polar surface area (TPSA) is 90.0 Å². The Balaban J connectivity index is 2.55. The van der Waals surface area contributed by atoms with Crippen LogP contribution in [0.3, 0.4) is 0 Å². The molecule has 6 nitrogen and oxygen atoms in total. The van der Waals surface area contributed by atoms with Gasteiger partial charge in [-0.15, -0.1) is 0 Å². The zero-order chi connectivity index (χ0) is 15.9. The molecule has 7 heteroatoms. The van der Waals surface area contributed by atoms with Crippen LogP contribution in [0, 0.1) is 27.7 Å². The summed E-state index contributed by atoms with van der Waals surface area (Å²) in [6.07, 6.45) is 0. The Morgan fingerprint density at radius 1 is 1.19 bits per heavy atom. The van der Waals surface area contributed by atoms with Crippen LogP contribution in [0.5, 0.6) is 0 Å². The van der Waals surface area contributed by atoms with Gasteiger partial charge in [-0.05, 0) is 44.9 Å². The Labute approximate surface area is 125 Å². The molecule has 0 amide bonds. The smallest absolute Gasteiger partial charge is 0.265 e. The van der Waals surface area contributed by atoms with Gasteiger partial charge in [-0.2, -0.15) is 5.10 Å². The third-order valence-corrected chi connectivity index (χ3v) is 5.26. The molecule has 1 aromatic heterocycles. The average Bonchev–Trinajstić information content (AvgIpc) is 2.64. The number of hydrogen-bond donors (Lipinski definition) is 2. The highest BCUT2D eigenvalue weighted by molar-refractivity contribution is 7.92. The number of nitrogens with zero attached hydrogens (tertiary/aromatic N) is 2. The van der Waals surface area contributed by atoms with Crippen molar-refractivity contribution in [1.29, 1.82) is 0 Å². The Bertz CT molecular complexity index is 807. The van der Waals surface area contributed by atoms with Gasteiger partial charge in [-0.25, -0.2) is 8.42 Å². The molecule has 1 heterocycles. The molecule has 0 spiro atoms. The number of sulfonamides is 1. The molecule has 0 fully saturated rings. The van der Waals surface area contributed by atoms with Gasteiger partial charge in [-0.3, -0.25) is 9.40 Å². The van der Waals surface area contributed by atoms with E-state index in [1.54, 1.807) is 44.6 Å². The van der Waals surface area contributed by atoms with Gasteiger partial charge in [0.05, 0.1) is 17.1 Å². The first kappa shape index (κ1) is 15.4. The van der Waals surface area contributed by atoms with Crippen molar-refractivity contribution in [3.05, 3.63) is 34.6 Å². The van der Waals surface area contributed by atoms with Crippen LogP contribution in [-0.4, -0.2) is 18.2 Å². The zero-order valence-corrected chi connectivity index (χ0v) is 13.7. The van der Waals surface area contributed by atoms with Crippen molar-refractivity contribution in [2.75, 3.05) is 10.5 Å². The molecule has 0 aliphatic carbocycles. The van der Waals surface area contributed by atoms with E-state index in [1.807, 2.05) is 6.92 Å². The van der Waals surface area contributed by atoms with Crippen molar-refractivity contribution < 1.29 is 8.42 Å². The molecule has 114 valence electrons. The number of anilines is 2. The van der Waals surface area contributed by atoms with Crippen molar-refractivity contribution in [1.82, 2.24) is 9.78 Å². The molecule has 21 heavy (non-hydrogen) atoms. The molecule has 0 unspecified atom stereocenters. The summed E-state index contributed by atoms with van der Waals surface area (Å²) in [4.78, 5) is 0.214. The molecule has 2 aromatic rings. The quantitative estimate of drug-likeness (QED) is 0.849. The van der Waals surface area contributed by atoms with Gasteiger partial charge in [0, 0.05) is 12.7 Å². The normalized spacial score (nSPS) is 11.7. The van der Waals surface area contributed by atoms with Crippen LogP contribution in [0.15, 0.2) is 17.0 Å². The van der Waals surface area contributed by atoms with Crippen molar-refractivity contribution in [2.24, 2.45) is 7.05 Å². The lowest BCUT2D eigenvalue weighted by molar-refractivity contribution is 0.599. The molecule has 0 aliphatic heterocycles. The summed E-state index contributed by atoms with van der Waals surface area (Å²) >= 11 is 0. The fraction of sp³-hybridized carbons (Fsp3) is 0.357. The Morgan fingerprint density at radius 3 is 2.33 bits per heavy atom. The first-order chi connectivity index (χ1) is 9.65. The van der Waals surface area contributed by atoms with Crippen LogP contribution in [-0.2, 0) is 17.1 Å². The van der Waals surface area contributed by atoms with Gasteiger partial charge in [0.25, 0.3) is 10.0 Å². The summed E-state index contributed by atoms with van der Waals surface area (Å²) in [5.41, 5.74) is 9.55. The Kier molecular flexibility index (Phi) is 3.71. The number of nitrogens with one attached hydrogen (secondary N) is 1. The number of aromatic nitrogens is 2. The van der Waals surface area contributed by atoms with E-state index in [-0.39, 0.29) is 4.90 Å². The first-order valence-corrected chi connectivity index (χ1v) is 8.02. The molecule has 0 aliphatic rings. The Hall–Kier alpha value is -2.02. The lowest BCUT2D eigenvalue weighted by Crippen LogP contribution is -2.17. The number of hydrogen-bond acceptors (Lipinski definition) is 4. The summed E-state index contributed by atoms with van der Waals surface area (Å²) < 4.78 is 29.5. The van der Waals surface area contributed by atoms with Gasteiger partial charge in [0.1, 0.15) is 4.90 Å². The van der Waals surface area contributed by atoms with Crippen LogP contribution >= 0.6 is 0 Å². The van der Waals surface area contributed by atoms with Crippen LogP contribution in [0.1, 0.15) is 22.5 Å². The van der Waals surface area contributed by atoms with Crippen LogP contribution in [0.25, 0.3) is 0 Å². The zero-order valence-electron chi connectivity index (χ0n) is 12.9. The largest absolute Gasteiger partial charge is 0.398 e. The summed E-state index contributed by atoms with van der Waals surface area (Å²) in [5.74, 6) is 0. The predicted octanol–water partition coefficient (Wildman–Crippen LogP) is 2.04. The molecule has 0 saturated heterocycles. The van der Waals surface area contributed by atoms with E-state index >= 15 is 0 Å². The highest BCUT2D eigenvalue weighted by Gasteiger charge is 2.25. The highest BCUT2D eigenvalue weighted by Crippen LogP contribution is 2.29. The van der Waals surface area contributed by atoms with Crippen molar-refractivity contribution in [3.63, 3.8) is 0 Å². The second kappa shape index (κ2) is 5.07. The number of nitrogen functional groups attached to an aromatic ring is 1. The number of aryl methyl sites for hydroxylation is 3. The second-order valence-corrected chi connectivity index (χ2v) is 6.82. The van der Waals surface area contributed by atoms with Gasteiger partial charge in [0.15, 0.2) is 0 Å². The van der Waals surface area contributed by atoms with E-state index in [2.05, 4.69) is 9.82 Å². The molecule has 0 atom stereocenters. The SMILES string of the molecule is Cc1ccc(N)c(C)c1NS(=O)(=O)c1c(C)nn(C)c1C. The fourth-order valence-corrected chi connectivity index (χ4v) is 3.98. The van der Waals surface area contributed by atoms with Gasteiger partial charge < -0.3 is 5.73 Å². The minimum atomic E-state index is -3.70. The van der Waals surface area contributed by atoms with Gasteiger partial charge in [0.2, 0.25) is 0 Å². The minimum Gasteiger partial charge on any atom is -0.398 e. The van der Waals surface area contributed by atoms with E-state index in [9.17, 15) is 8.42 Å². The van der Waals surface area contributed by atoms with E-state index in [0.29, 0.717) is 22.8 Å². The monoisotopic (exact) mass is 308 g/mol. The highest BCUT2D eigenvalue weighted by atomic mass is 32.2. The minimum absolute atomic E-state index is 0.214. The molecular weight excluding hydrogens is 288 g/mol. The number of nitrogens with two attached hydrogens (primary N) is 1. The molecule has 0 radical (unpaired) electrons. The number of rotatable bonds is 3. The molecule has 0 bridgehead atoms. The first-order valence-electron chi connectivity index (χ1n) is 6.54. The van der Waals surface area contributed by atoms with E-state index < -0.39 is 10.0 Å². The van der Waals surface area contributed by atoms with E-state index in [0.717, 1.165) is 11.1 Å². The molecule has 2 rings (SSSR count). The van der Waals surface area contributed by atoms with Crippen molar-refractivity contribution in [2.45, 2.75) is 32.6 Å². The maximum Gasteiger partial charge on any atom is 0.265 e. The maximum atomic E-state index is 12.7. The van der Waals surface area contributed by atoms with Crippen LogP contribution in [0.2, 0.25) is 0 Å². The molecule has 1 aromatic carbocycles. The lowest BCUT2D eigenvalue weighted by Gasteiger charge is -2.15. The molecule has 3 N–H and O–H groups in total. The van der Waals surface area contributed by atoms with E-state index in [4.69, 9.17) is 5.73 Å². The molecular formula is C14H20N4O2S. The fourth-order valence-electron chi connectivity index (χ4n) is 2.35. The van der Waals surface area contributed by atoms with Crippen molar-refractivity contribution >= 4 is 21.4 Å². The summed E-state index contributed by atoms with van der Waals surface area (Å²) in [6, 6.07) is 3.56. The predicted molar refractivity (Wildman–Crippen MR) is 83.8 cm³/mol. The van der Waals surface area contributed by atoms with Gasteiger partial charge in [-0.1, -0.05) is 6.07 Å². The third-order valence-electron chi connectivity index (χ3n) is 3.66. The Morgan fingerprint density at radius 2 is 1.81 bits per heavy atom. The standard InChI is InChI=1S/C14H20N4O2S/c1-8-6-7-12(15)9(2)13(8)17-21(19,20)14-10(3)16-18(5)11(14)4/h6-7,17H,15H2,1-5H3. The molecule has 0 saturated carbocycles. The number of benzene rings is 1.